The van der Waals surface area contributed by atoms with Crippen LogP contribution in [0.5, 0.6) is 0 Å². The summed E-state index contributed by atoms with van der Waals surface area (Å²) in [5.41, 5.74) is 0. The number of rotatable bonds is 4. The van der Waals surface area contributed by atoms with Gasteiger partial charge in [0.2, 0.25) is 11.9 Å². The van der Waals surface area contributed by atoms with E-state index in [2.05, 4.69) is 35.6 Å². The van der Waals surface area contributed by atoms with E-state index in [-0.39, 0.29) is 0 Å². The van der Waals surface area contributed by atoms with Crippen LogP contribution in [0, 0.1) is 0 Å². The third kappa shape index (κ3) is 3.63. The Kier molecular flexibility index (Phi) is 5.23. The summed E-state index contributed by atoms with van der Waals surface area (Å²) in [6, 6.07) is 1.49. The molecule has 0 aromatic carbocycles. The molecule has 134 valence electrons. The maximum atomic E-state index is 4.74. The third-order valence-electron chi connectivity index (χ3n) is 5.37. The standard InChI is InChI=1S/C18H32N6/c1-13(2)16-19-17(22(4)5)21-18(20-16)23-11-8-15(9-12-23)24-10-6-7-14(24)3/h13-15H,6-12H2,1-5H3. The molecule has 0 saturated carbocycles. The van der Waals surface area contributed by atoms with Gasteiger partial charge in [-0.3, -0.25) is 4.90 Å². The number of anilines is 2. The molecule has 6 heteroatoms. The highest BCUT2D eigenvalue weighted by Crippen LogP contribution is 2.27. The molecule has 0 aliphatic carbocycles. The van der Waals surface area contributed by atoms with Crippen molar-refractivity contribution < 1.29 is 0 Å². The molecule has 1 atom stereocenters. The van der Waals surface area contributed by atoms with E-state index >= 15 is 0 Å². The summed E-state index contributed by atoms with van der Waals surface area (Å²) in [7, 11) is 3.98. The highest BCUT2D eigenvalue weighted by Gasteiger charge is 2.31. The van der Waals surface area contributed by atoms with E-state index in [4.69, 9.17) is 9.97 Å². The molecule has 0 radical (unpaired) electrons. The Morgan fingerprint density at radius 2 is 1.71 bits per heavy atom. The summed E-state index contributed by atoms with van der Waals surface area (Å²) < 4.78 is 0. The van der Waals surface area contributed by atoms with Gasteiger partial charge >= 0.3 is 0 Å². The van der Waals surface area contributed by atoms with Crippen molar-refractivity contribution in [2.45, 2.75) is 64.5 Å². The van der Waals surface area contributed by atoms with Gasteiger partial charge in [-0.05, 0) is 39.2 Å². The second-order valence-electron chi connectivity index (χ2n) is 7.79. The van der Waals surface area contributed by atoms with Crippen LogP contribution in [0.25, 0.3) is 0 Å². The van der Waals surface area contributed by atoms with Gasteiger partial charge in [-0.15, -0.1) is 0 Å². The Labute approximate surface area is 146 Å². The van der Waals surface area contributed by atoms with Crippen molar-refractivity contribution in [1.82, 2.24) is 19.9 Å². The minimum atomic E-state index is 0.313. The molecule has 1 aromatic rings. The molecule has 0 N–H and O–H groups in total. The molecule has 2 fully saturated rings. The summed E-state index contributed by atoms with van der Waals surface area (Å²) in [4.78, 5) is 21.0. The Hall–Kier alpha value is -1.43. The number of nitrogens with zero attached hydrogens (tertiary/aromatic N) is 6. The second-order valence-corrected chi connectivity index (χ2v) is 7.79. The number of hydrogen-bond acceptors (Lipinski definition) is 6. The van der Waals surface area contributed by atoms with Crippen LogP contribution in [-0.2, 0) is 0 Å². The van der Waals surface area contributed by atoms with Crippen LogP contribution in [0.15, 0.2) is 0 Å². The van der Waals surface area contributed by atoms with Crippen molar-refractivity contribution in [3.8, 4) is 0 Å². The first-order chi connectivity index (χ1) is 11.5. The molecule has 3 heterocycles. The van der Waals surface area contributed by atoms with E-state index in [1.165, 1.54) is 32.2 Å². The van der Waals surface area contributed by atoms with Crippen molar-refractivity contribution in [2.24, 2.45) is 0 Å². The predicted molar refractivity (Wildman–Crippen MR) is 98.9 cm³/mol. The highest BCUT2D eigenvalue weighted by atomic mass is 15.3. The zero-order valence-electron chi connectivity index (χ0n) is 15.9. The fourth-order valence-electron chi connectivity index (χ4n) is 3.86. The van der Waals surface area contributed by atoms with E-state index in [1.807, 2.05) is 19.0 Å². The lowest BCUT2D eigenvalue weighted by atomic mass is 10.0. The predicted octanol–water partition coefficient (Wildman–Crippen LogP) is 2.51. The van der Waals surface area contributed by atoms with Crippen LogP contribution in [0.3, 0.4) is 0 Å². The molecule has 2 aliphatic rings. The molecular weight excluding hydrogens is 300 g/mol. The Morgan fingerprint density at radius 1 is 1.00 bits per heavy atom. The summed E-state index contributed by atoms with van der Waals surface area (Å²) in [5, 5.41) is 0. The van der Waals surface area contributed by atoms with Gasteiger partial charge < -0.3 is 9.80 Å². The lowest BCUT2D eigenvalue weighted by Crippen LogP contribution is -2.46. The molecule has 2 aliphatic heterocycles. The maximum Gasteiger partial charge on any atom is 0.230 e. The highest BCUT2D eigenvalue weighted by molar-refractivity contribution is 5.39. The molecular formula is C18H32N6. The van der Waals surface area contributed by atoms with E-state index < -0.39 is 0 Å². The lowest BCUT2D eigenvalue weighted by molar-refractivity contribution is 0.163. The zero-order valence-corrected chi connectivity index (χ0v) is 15.9. The quantitative estimate of drug-likeness (QED) is 0.844. The summed E-state index contributed by atoms with van der Waals surface area (Å²) in [6.45, 7) is 10.0. The van der Waals surface area contributed by atoms with Gasteiger partial charge in [-0.25, -0.2) is 0 Å². The van der Waals surface area contributed by atoms with Gasteiger partial charge in [0.25, 0.3) is 0 Å². The van der Waals surface area contributed by atoms with Crippen LogP contribution >= 0.6 is 0 Å². The minimum absolute atomic E-state index is 0.313. The fourth-order valence-corrected chi connectivity index (χ4v) is 3.86. The van der Waals surface area contributed by atoms with E-state index in [1.54, 1.807) is 0 Å². The van der Waals surface area contributed by atoms with Crippen molar-refractivity contribution >= 4 is 11.9 Å². The smallest absolute Gasteiger partial charge is 0.230 e. The van der Waals surface area contributed by atoms with Crippen LogP contribution < -0.4 is 9.80 Å². The first kappa shape index (κ1) is 17.4. The molecule has 24 heavy (non-hydrogen) atoms. The summed E-state index contributed by atoms with van der Waals surface area (Å²) in [6.07, 6.45) is 5.14. The Morgan fingerprint density at radius 3 is 2.25 bits per heavy atom. The number of likely N-dealkylation sites (tertiary alicyclic amines) is 1. The molecule has 6 nitrogen and oxygen atoms in total. The second kappa shape index (κ2) is 7.21. The monoisotopic (exact) mass is 332 g/mol. The Bertz CT molecular complexity index is 524. The average molecular weight is 332 g/mol. The molecule has 1 unspecified atom stereocenters. The molecule has 2 saturated heterocycles. The van der Waals surface area contributed by atoms with Crippen LogP contribution in [-0.4, -0.2) is 65.7 Å². The fraction of sp³-hybridized carbons (Fsp3) is 0.833. The summed E-state index contributed by atoms with van der Waals surface area (Å²) in [5.74, 6) is 2.82. The number of hydrogen-bond donors (Lipinski definition) is 0. The molecule has 0 amide bonds. The largest absolute Gasteiger partial charge is 0.347 e. The number of piperidine rings is 1. The van der Waals surface area contributed by atoms with Crippen molar-refractivity contribution in [2.75, 3.05) is 43.5 Å². The first-order valence-corrected chi connectivity index (χ1v) is 9.39. The van der Waals surface area contributed by atoms with Gasteiger partial charge in [0.15, 0.2) is 0 Å². The molecule has 1 aromatic heterocycles. The molecule has 3 rings (SSSR count). The van der Waals surface area contributed by atoms with E-state index in [9.17, 15) is 0 Å². The third-order valence-corrected chi connectivity index (χ3v) is 5.37. The van der Waals surface area contributed by atoms with Gasteiger partial charge in [0.1, 0.15) is 5.82 Å². The zero-order chi connectivity index (χ0) is 17.3. The van der Waals surface area contributed by atoms with Gasteiger partial charge in [0.05, 0.1) is 0 Å². The van der Waals surface area contributed by atoms with Crippen LogP contribution in [0.4, 0.5) is 11.9 Å². The van der Waals surface area contributed by atoms with Crippen molar-refractivity contribution in [3.63, 3.8) is 0 Å². The van der Waals surface area contributed by atoms with E-state index in [0.29, 0.717) is 5.92 Å². The maximum absolute atomic E-state index is 4.74. The van der Waals surface area contributed by atoms with Gasteiger partial charge in [-0.2, -0.15) is 15.0 Å². The van der Waals surface area contributed by atoms with E-state index in [0.717, 1.165) is 42.9 Å². The number of aromatic nitrogens is 3. The summed E-state index contributed by atoms with van der Waals surface area (Å²) >= 11 is 0. The van der Waals surface area contributed by atoms with Crippen molar-refractivity contribution in [1.29, 1.82) is 0 Å². The van der Waals surface area contributed by atoms with Gasteiger partial charge in [0, 0.05) is 45.2 Å². The normalized spacial score (nSPS) is 23.2. The average Bonchev–Trinajstić information content (AvgIpc) is 3.00. The Balaban J connectivity index is 1.71. The molecule has 0 bridgehead atoms. The lowest BCUT2D eigenvalue weighted by Gasteiger charge is -2.38. The first-order valence-electron chi connectivity index (χ1n) is 9.39. The van der Waals surface area contributed by atoms with Crippen molar-refractivity contribution in [3.05, 3.63) is 5.82 Å². The van der Waals surface area contributed by atoms with Crippen LogP contribution in [0.2, 0.25) is 0 Å². The SMILES string of the molecule is CC(C)c1nc(N(C)C)nc(N2CCC(N3CCCC3C)CC2)n1. The minimum Gasteiger partial charge on any atom is -0.347 e. The van der Waals surface area contributed by atoms with Crippen LogP contribution in [0.1, 0.15) is 58.2 Å². The molecule has 0 spiro atoms. The van der Waals surface area contributed by atoms with Gasteiger partial charge in [-0.1, -0.05) is 13.8 Å². The topological polar surface area (TPSA) is 48.4 Å².